The van der Waals surface area contributed by atoms with Crippen LogP contribution in [0.3, 0.4) is 0 Å². The number of aryl methyl sites for hydroxylation is 1. The first kappa shape index (κ1) is 21.2. The number of nitrogens with zero attached hydrogens (tertiary/aromatic N) is 2. The molecule has 1 aliphatic heterocycles. The molecule has 0 bridgehead atoms. The fourth-order valence-corrected chi connectivity index (χ4v) is 4.05. The van der Waals surface area contributed by atoms with Gasteiger partial charge in [-0.05, 0) is 37.5 Å². The van der Waals surface area contributed by atoms with E-state index in [0.717, 1.165) is 5.56 Å². The third kappa shape index (κ3) is 6.52. The molecule has 0 radical (unpaired) electrons. The average Bonchev–Trinajstić information content (AvgIpc) is 2.66. The number of sulfonamides is 1. The number of piperidine rings is 1. The van der Waals surface area contributed by atoms with Crippen LogP contribution in [0.4, 0.5) is 0 Å². The maximum absolute atomic E-state index is 12.0. The van der Waals surface area contributed by atoms with Gasteiger partial charge in [0.25, 0.3) is 0 Å². The summed E-state index contributed by atoms with van der Waals surface area (Å²) in [5.74, 6) is 0.575. The van der Waals surface area contributed by atoms with Gasteiger partial charge < -0.3 is 9.64 Å². The van der Waals surface area contributed by atoms with E-state index in [4.69, 9.17) is 10.00 Å². The van der Waals surface area contributed by atoms with Crippen molar-refractivity contribution in [1.82, 2.24) is 9.62 Å². The number of hydrogen-bond acceptors (Lipinski definition) is 5. The minimum atomic E-state index is -3.32. The minimum Gasteiger partial charge on any atom is -0.493 e. The molecule has 27 heavy (non-hydrogen) atoms. The normalized spacial score (nSPS) is 20.1. The monoisotopic (exact) mass is 393 g/mol. The Morgan fingerprint density at radius 2 is 2.07 bits per heavy atom. The number of nitriles is 1. The Morgan fingerprint density at radius 1 is 1.37 bits per heavy atom. The molecule has 0 aliphatic carbocycles. The van der Waals surface area contributed by atoms with Crippen LogP contribution in [0, 0.1) is 17.2 Å². The van der Waals surface area contributed by atoms with Gasteiger partial charge in [-0.1, -0.05) is 12.1 Å². The van der Waals surface area contributed by atoms with E-state index in [2.05, 4.69) is 10.8 Å². The van der Waals surface area contributed by atoms with Gasteiger partial charge in [-0.3, -0.25) is 4.79 Å². The van der Waals surface area contributed by atoms with E-state index in [1.54, 1.807) is 11.8 Å². The van der Waals surface area contributed by atoms with E-state index >= 15 is 0 Å². The Labute approximate surface area is 161 Å². The lowest BCUT2D eigenvalue weighted by Crippen LogP contribution is -2.53. The molecule has 0 saturated carbocycles. The standard InChI is InChI=1S/C19H27N3O4S/c1-3-27(24,25)21-19-10-12-22(15(2)23)13-17(19)14-26-18-8-6-16(7-9-18)5-4-11-20/h6-9,17,19,21H,3-5,10,12-14H2,1-2H3. The van der Waals surface area contributed by atoms with Gasteiger partial charge in [0.2, 0.25) is 15.9 Å². The second-order valence-electron chi connectivity index (χ2n) is 6.75. The first-order valence-electron chi connectivity index (χ1n) is 9.19. The van der Waals surface area contributed by atoms with Crippen molar-refractivity contribution < 1.29 is 17.9 Å². The van der Waals surface area contributed by atoms with Gasteiger partial charge in [-0.2, -0.15) is 5.26 Å². The van der Waals surface area contributed by atoms with E-state index in [9.17, 15) is 13.2 Å². The van der Waals surface area contributed by atoms with E-state index in [-0.39, 0.29) is 23.6 Å². The van der Waals surface area contributed by atoms with Crippen molar-refractivity contribution in [3.8, 4) is 11.8 Å². The van der Waals surface area contributed by atoms with Gasteiger partial charge in [0.15, 0.2) is 0 Å². The molecule has 1 heterocycles. The van der Waals surface area contributed by atoms with E-state index in [0.29, 0.717) is 44.7 Å². The summed E-state index contributed by atoms with van der Waals surface area (Å²) in [4.78, 5) is 13.4. The molecule has 1 N–H and O–H groups in total. The first-order valence-corrected chi connectivity index (χ1v) is 10.8. The lowest BCUT2D eigenvalue weighted by molar-refractivity contribution is -0.131. The molecule has 1 amide bonds. The van der Waals surface area contributed by atoms with Gasteiger partial charge in [0.1, 0.15) is 5.75 Å². The molecule has 8 heteroatoms. The number of rotatable bonds is 8. The van der Waals surface area contributed by atoms with Crippen LogP contribution in [0.5, 0.6) is 5.75 Å². The largest absolute Gasteiger partial charge is 0.493 e. The van der Waals surface area contributed by atoms with Gasteiger partial charge in [-0.25, -0.2) is 13.1 Å². The summed E-state index contributed by atoms with van der Waals surface area (Å²) in [6, 6.07) is 9.42. The maximum atomic E-state index is 12.0. The fraction of sp³-hybridized carbons (Fsp3) is 0.579. The number of likely N-dealkylation sites (tertiary alicyclic amines) is 1. The molecule has 1 fully saturated rings. The highest BCUT2D eigenvalue weighted by Crippen LogP contribution is 2.21. The minimum absolute atomic E-state index is 0.0151. The first-order chi connectivity index (χ1) is 12.8. The zero-order valence-electron chi connectivity index (χ0n) is 15.8. The Balaban J connectivity index is 2.01. The number of ether oxygens (including phenoxy) is 1. The number of amides is 1. The summed E-state index contributed by atoms with van der Waals surface area (Å²) < 4.78 is 32.6. The number of carbonyl (C=O) groups is 1. The third-order valence-electron chi connectivity index (χ3n) is 4.80. The number of hydrogen-bond donors (Lipinski definition) is 1. The molecule has 1 aromatic rings. The molecular weight excluding hydrogens is 366 g/mol. The molecule has 1 aromatic carbocycles. The second-order valence-corrected chi connectivity index (χ2v) is 8.80. The SMILES string of the molecule is CCS(=O)(=O)NC1CCN(C(C)=O)CC1COc1ccc(CCC#N)cc1. The summed E-state index contributed by atoms with van der Waals surface area (Å²) in [5.41, 5.74) is 1.07. The topological polar surface area (TPSA) is 99.5 Å². The van der Waals surface area contributed by atoms with Crippen LogP contribution >= 0.6 is 0 Å². The quantitative estimate of drug-likeness (QED) is 0.725. The van der Waals surface area contributed by atoms with E-state index < -0.39 is 10.0 Å². The Morgan fingerprint density at radius 3 is 2.67 bits per heavy atom. The van der Waals surface area contributed by atoms with Crippen molar-refractivity contribution in [3.05, 3.63) is 29.8 Å². The molecule has 0 aromatic heterocycles. The summed E-state index contributed by atoms with van der Waals surface area (Å²) in [6.45, 7) is 4.45. The molecular formula is C19H27N3O4S. The van der Waals surface area contributed by atoms with E-state index in [1.165, 1.54) is 6.92 Å². The fourth-order valence-electron chi connectivity index (χ4n) is 3.11. The van der Waals surface area contributed by atoms with Gasteiger partial charge in [-0.15, -0.1) is 0 Å². The number of benzene rings is 1. The molecule has 148 valence electrons. The van der Waals surface area contributed by atoms with Crippen LogP contribution < -0.4 is 9.46 Å². The molecule has 2 unspecified atom stereocenters. The Kier molecular flexibility index (Phi) is 7.63. The highest BCUT2D eigenvalue weighted by molar-refractivity contribution is 7.89. The van der Waals surface area contributed by atoms with E-state index in [1.807, 2.05) is 24.3 Å². The molecule has 1 aliphatic rings. The van der Waals surface area contributed by atoms with Crippen molar-refractivity contribution in [2.45, 2.75) is 39.2 Å². The van der Waals surface area contributed by atoms with Crippen molar-refractivity contribution >= 4 is 15.9 Å². The lowest BCUT2D eigenvalue weighted by Gasteiger charge is -2.38. The predicted octanol–water partition coefficient (Wildman–Crippen LogP) is 1.70. The van der Waals surface area contributed by atoms with Crippen LogP contribution in [-0.2, 0) is 21.2 Å². The third-order valence-corrected chi connectivity index (χ3v) is 6.23. The summed E-state index contributed by atoms with van der Waals surface area (Å²) in [6.07, 6.45) is 1.75. The highest BCUT2D eigenvalue weighted by atomic mass is 32.2. The van der Waals surface area contributed by atoms with Crippen molar-refractivity contribution in [1.29, 1.82) is 5.26 Å². The van der Waals surface area contributed by atoms with Crippen molar-refractivity contribution in [3.63, 3.8) is 0 Å². The highest BCUT2D eigenvalue weighted by Gasteiger charge is 2.33. The molecule has 0 spiro atoms. The lowest BCUT2D eigenvalue weighted by atomic mass is 9.93. The van der Waals surface area contributed by atoms with Crippen LogP contribution in [0.25, 0.3) is 0 Å². The van der Waals surface area contributed by atoms with Crippen LogP contribution in [0.1, 0.15) is 32.3 Å². The van der Waals surface area contributed by atoms with Crippen molar-refractivity contribution in [2.75, 3.05) is 25.4 Å². The second kappa shape index (κ2) is 9.72. The smallest absolute Gasteiger partial charge is 0.219 e. The van der Waals surface area contributed by atoms with Crippen molar-refractivity contribution in [2.24, 2.45) is 5.92 Å². The molecule has 2 rings (SSSR count). The molecule has 7 nitrogen and oxygen atoms in total. The zero-order valence-corrected chi connectivity index (χ0v) is 16.7. The maximum Gasteiger partial charge on any atom is 0.219 e. The number of carbonyl (C=O) groups excluding carboxylic acids is 1. The molecule has 1 saturated heterocycles. The summed E-state index contributed by atoms with van der Waals surface area (Å²) >= 11 is 0. The number of nitrogens with one attached hydrogen (secondary N) is 1. The summed E-state index contributed by atoms with van der Waals surface area (Å²) in [5, 5.41) is 8.64. The van der Waals surface area contributed by atoms with Gasteiger partial charge in [0, 0.05) is 38.4 Å². The average molecular weight is 394 g/mol. The Hall–Kier alpha value is -2.11. The van der Waals surface area contributed by atoms with Crippen LogP contribution in [0.2, 0.25) is 0 Å². The Bertz CT molecular complexity index is 771. The van der Waals surface area contributed by atoms with Crippen LogP contribution in [0.15, 0.2) is 24.3 Å². The predicted molar refractivity (Wildman–Crippen MR) is 103 cm³/mol. The van der Waals surface area contributed by atoms with Crippen LogP contribution in [-0.4, -0.2) is 50.7 Å². The molecule has 2 atom stereocenters. The van der Waals surface area contributed by atoms with Gasteiger partial charge in [0.05, 0.1) is 18.4 Å². The zero-order chi connectivity index (χ0) is 19.9. The summed E-state index contributed by atoms with van der Waals surface area (Å²) in [7, 11) is -3.32. The van der Waals surface area contributed by atoms with Gasteiger partial charge >= 0.3 is 0 Å².